The highest BCUT2D eigenvalue weighted by atomic mass is 32.2. The van der Waals surface area contributed by atoms with E-state index in [1.54, 1.807) is 18.2 Å². The number of carbonyl (C=O) groups is 1. The Balaban J connectivity index is 2.20. The van der Waals surface area contributed by atoms with Gasteiger partial charge in [0.05, 0.1) is 11.9 Å². The molecule has 22 heavy (non-hydrogen) atoms. The quantitative estimate of drug-likeness (QED) is 0.648. The van der Waals surface area contributed by atoms with E-state index in [1.165, 1.54) is 36.2 Å². The van der Waals surface area contributed by atoms with Gasteiger partial charge in [-0.3, -0.25) is 14.4 Å². The van der Waals surface area contributed by atoms with Crippen LogP contribution in [-0.4, -0.2) is 44.1 Å². The Kier molecular flexibility index (Phi) is 5.04. The topological polar surface area (TPSA) is 92.3 Å². The summed E-state index contributed by atoms with van der Waals surface area (Å²) >= 11 is 2.71. The van der Waals surface area contributed by atoms with E-state index in [-0.39, 0.29) is 5.91 Å². The molecule has 0 spiro atoms. The Morgan fingerprint density at radius 3 is 2.68 bits per heavy atom. The van der Waals surface area contributed by atoms with Gasteiger partial charge in [0.15, 0.2) is 4.34 Å². The number of rotatable bonds is 5. The number of sulfonamides is 1. The van der Waals surface area contributed by atoms with Crippen molar-refractivity contribution in [2.24, 2.45) is 0 Å². The van der Waals surface area contributed by atoms with Gasteiger partial charge in [-0.15, -0.1) is 10.2 Å². The number of nitrogens with zero attached hydrogens (tertiary/aromatic N) is 3. The van der Waals surface area contributed by atoms with Gasteiger partial charge in [-0.05, 0) is 24.5 Å². The second-order valence-electron chi connectivity index (χ2n) is 4.31. The number of anilines is 2. The van der Waals surface area contributed by atoms with Crippen molar-refractivity contribution in [2.45, 2.75) is 4.34 Å². The average Bonchev–Trinajstić information content (AvgIpc) is 2.93. The van der Waals surface area contributed by atoms with Gasteiger partial charge >= 0.3 is 0 Å². The minimum atomic E-state index is -3.38. The second-order valence-corrected chi connectivity index (χ2v) is 8.36. The van der Waals surface area contributed by atoms with Crippen LogP contribution in [0.25, 0.3) is 0 Å². The number of hydrogen-bond donors (Lipinski definition) is 1. The van der Waals surface area contributed by atoms with Gasteiger partial charge in [0.25, 0.3) is 5.91 Å². The summed E-state index contributed by atoms with van der Waals surface area (Å²) in [7, 11) is -1.95. The summed E-state index contributed by atoms with van der Waals surface area (Å²) in [4.78, 5) is 12.2. The summed E-state index contributed by atoms with van der Waals surface area (Å²) < 4.78 is 25.0. The number of thioether (sulfide) groups is 1. The molecule has 1 amide bonds. The van der Waals surface area contributed by atoms with E-state index in [4.69, 9.17) is 0 Å². The molecule has 2 aromatic rings. The Labute approximate surface area is 136 Å². The molecule has 1 heterocycles. The molecule has 7 nitrogen and oxygen atoms in total. The van der Waals surface area contributed by atoms with Crippen molar-refractivity contribution in [3.8, 4) is 0 Å². The summed E-state index contributed by atoms with van der Waals surface area (Å²) in [5.41, 5.74) is 0.756. The maximum atomic E-state index is 12.2. The van der Waals surface area contributed by atoms with E-state index < -0.39 is 10.0 Å². The average molecular weight is 358 g/mol. The summed E-state index contributed by atoms with van der Waals surface area (Å²) in [5.74, 6) is -0.368. The molecule has 1 aromatic carbocycles. The number of amides is 1. The summed E-state index contributed by atoms with van der Waals surface area (Å²) in [5, 5.41) is 10.8. The maximum Gasteiger partial charge on any atom is 0.257 e. The predicted molar refractivity (Wildman–Crippen MR) is 89.3 cm³/mol. The molecule has 1 aromatic heterocycles. The van der Waals surface area contributed by atoms with E-state index in [0.29, 0.717) is 16.4 Å². The van der Waals surface area contributed by atoms with Crippen LogP contribution in [0.15, 0.2) is 28.6 Å². The van der Waals surface area contributed by atoms with E-state index in [2.05, 4.69) is 15.5 Å². The first kappa shape index (κ1) is 16.7. The van der Waals surface area contributed by atoms with Crippen LogP contribution in [0.1, 0.15) is 10.4 Å². The Morgan fingerprint density at radius 1 is 1.36 bits per heavy atom. The van der Waals surface area contributed by atoms with Gasteiger partial charge in [-0.1, -0.05) is 29.2 Å². The van der Waals surface area contributed by atoms with Gasteiger partial charge in [0.2, 0.25) is 15.2 Å². The zero-order chi connectivity index (χ0) is 16.3. The first-order valence-electron chi connectivity index (χ1n) is 6.04. The van der Waals surface area contributed by atoms with Gasteiger partial charge in [-0.2, -0.15) is 0 Å². The third kappa shape index (κ3) is 3.96. The second kappa shape index (κ2) is 6.63. The fraction of sp³-hybridized carbons (Fsp3) is 0.250. The van der Waals surface area contributed by atoms with E-state index in [0.717, 1.165) is 14.9 Å². The number of nitrogens with one attached hydrogen (secondary N) is 1. The fourth-order valence-corrected chi connectivity index (χ4v) is 3.21. The van der Waals surface area contributed by atoms with Crippen LogP contribution in [0.3, 0.4) is 0 Å². The maximum absolute atomic E-state index is 12.2. The van der Waals surface area contributed by atoms with Crippen LogP contribution in [0, 0.1) is 0 Å². The fourth-order valence-electron chi connectivity index (χ4n) is 1.55. The molecule has 0 bridgehead atoms. The van der Waals surface area contributed by atoms with Crippen LogP contribution in [0.2, 0.25) is 0 Å². The van der Waals surface area contributed by atoms with E-state index >= 15 is 0 Å². The van der Waals surface area contributed by atoms with Crippen molar-refractivity contribution in [3.63, 3.8) is 0 Å². The highest BCUT2D eigenvalue weighted by Gasteiger charge is 2.15. The first-order valence-corrected chi connectivity index (χ1v) is 9.93. The third-order valence-electron chi connectivity index (χ3n) is 2.77. The molecule has 10 heteroatoms. The molecule has 0 unspecified atom stereocenters. The van der Waals surface area contributed by atoms with Gasteiger partial charge in [0, 0.05) is 12.6 Å². The van der Waals surface area contributed by atoms with Crippen molar-refractivity contribution in [1.82, 2.24) is 10.2 Å². The summed E-state index contributed by atoms with van der Waals surface area (Å²) in [6.45, 7) is 0. The lowest BCUT2D eigenvalue weighted by Crippen LogP contribution is -2.25. The molecule has 0 fully saturated rings. The van der Waals surface area contributed by atoms with Crippen molar-refractivity contribution < 1.29 is 13.2 Å². The highest BCUT2D eigenvalue weighted by Crippen LogP contribution is 2.24. The zero-order valence-electron chi connectivity index (χ0n) is 12.1. The molecule has 0 aliphatic rings. The smallest absolute Gasteiger partial charge is 0.257 e. The standard InChI is InChI=1S/C12H14N4O3S3/c1-16(22(3,18)19)9-6-4-5-8(7-9)10(17)13-11-14-15-12(20-2)21-11/h4-7H,1-3H3,(H,13,14,17). The normalized spacial score (nSPS) is 11.2. The van der Waals surface area contributed by atoms with Crippen molar-refractivity contribution in [2.75, 3.05) is 29.2 Å². The molecular weight excluding hydrogens is 344 g/mol. The SMILES string of the molecule is CSc1nnc(NC(=O)c2cccc(N(C)S(C)(=O)=O)c2)s1. The van der Waals surface area contributed by atoms with Gasteiger partial charge < -0.3 is 0 Å². The molecule has 1 N–H and O–H groups in total. The molecule has 2 rings (SSSR count). The lowest BCUT2D eigenvalue weighted by Gasteiger charge is -2.17. The Bertz CT molecular complexity index is 788. The lowest BCUT2D eigenvalue weighted by atomic mass is 10.2. The Morgan fingerprint density at radius 2 is 2.09 bits per heavy atom. The number of benzene rings is 1. The van der Waals surface area contributed by atoms with Crippen LogP contribution < -0.4 is 9.62 Å². The minimum absolute atomic E-state index is 0.342. The highest BCUT2D eigenvalue weighted by molar-refractivity contribution is 8.00. The zero-order valence-corrected chi connectivity index (χ0v) is 14.6. The summed E-state index contributed by atoms with van der Waals surface area (Å²) in [6.07, 6.45) is 2.97. The van der Waals surface area contributed by atoms with Crippen LogP contribution in [0.4, 0.5) is 10.8 Å². The van der Waals surface area contributed by atoms with Crippen LogP contribution in [-0.2, 0) is 10.0 Å². The number of aromatic nitrogens is 2. The molecule has 0 atom stereocenters. The molecule has 0 aliphatic carbocycles. The molecular formula is C12H14N4O3S3. The monoisotopic (exact) mass is 358 g/mol. The van der Waals surface area contributed by atoms with Crippen LogP contribution in [0.5, 0.6) is 0 Å². The molecule has 0 saturated heterocycles. The largest absolute Gasteiger partial charge is 0.296 e. The summed E-state index contributed by atoms with van der Waals surface area (Å²) in [6, 6.07) is 6.35. The first-order chi connectivity index (χ1) is 10.3. The molecule has 118 valence electrons. The van der Waals surface area contributed by atoms with Gasteiger partial charge in [0.1, 0.15) is 0 Å². The minimum Gasteiger partial charge on any atom is -0.296 e. The lowest BCUT2D eigenvalue weighted by molar-refractivity contribution is 0.102. The molecule has 0 radical (unpaired) electrons. The Hall–Kier alpha value is -1.65. The van der Waals surface area contributed by atoms with E-state index in [9.17, 15) is 13.2 Å². The van der Waals surface area contributed by atoms with Crippen molar-refractivity contribution in [1.29, 1.82) is 0 Å². The molecule has 0 aliphatic heterocycles. The molecule has 0 saturated carbocycles. The predicted octanol–water partition coefficient (Wildman–Crippen LogP) is 1.91. The van der Waals surface area contributed by atoms with E-state index in [1.807, 2.05) is 6.26 Å². The van der Waals surface area contributed by atoms with Crippen molar-refractivity contribution in [3.05, 3.63) is 29.8 Å². The third-order valence-corrected chi connectivity index (χ3v) is 5.79. The number of carbonyl (C=O) groups excluding carboxylic acids is 1. The van der Waals surface area contributed by atoms with Crippen LogP contribution >= 0.6 is 23.1 Å². The van der Waals surface area contributed by atoms with Crippen molar-refractivity contribution >= 4 is 49.8 Å². The number of hydrogen-bond acceptors (Lipinski definition) is 7. The van der Waals surface area contributed by atoms with Gasteiger partial charge in [-0.25, -0.2) is 8.42 Å².